The maximum atomic E-state index is 10.6. The zero-order valence-corrected chi connectivity index (χ0v) is 7.15. The van der Waals surface area contributed by atoms with Crippen LogP contribution >= 0.6 is 0 Å². The number of hydrogen-bond acceptors (Lipinski definition) is 2. The van der Waals surface area contributed by atoms with Gasteiger partial charge >= 0.3 is 5.97 Å². The Morgan fingerprint density at radius 3 is 2.86 bits per heavy atom. The van der Waals surface area contributed by atoms with Gasteiger partial charge in [0.25, 0.3) is 0 Å². The van der Waals surface area contributed by atoms with Gasteiger partial charge in [0.15, 0.2) is 0 Å². The summed E-state index contributed by atoms with van der Waals surface area (Å²) in [5.74, 6) is 1.31. The van der Waals surface area contributed by atoms with Crippen molar-refractivity contribution in [3.05, 3.63) is 35.6 Å². The van der Waals surface area contributed by atoms with Crippen LogP contribution in [0.25, 0.3) is 11.0 Å². The van der Waals surface area contributed by atoms with Gasteiger partial charge in [0.05, 0.1) is 0 Å². The molecule has 14 heavy (non-hydrogen) atoms. The van der Waals surface area contributed by atoms with Crippen molar-refractivity contribution >= 4 is 16.9 Å². The molecule has 0 atom stereocenters. The number of carboxylic acid groups (broad SMARTS) is 1. The van der Waals surface area contributed by atoms with E-state index in [2.05, 4.69) is 5.92 Å². The van der Waals surface area contributed by atoms with Crippen LogP contribution in [0.4, 0.5) is 0 Å². The molecule has 0 bridgehead atoms. The van der Waals surface area contributed by atoms with Crippen LogP contribution in [0.3, 0.4) is 0 Å². The van der Waals surface area contributed by atoms with Gasteiger partial charge in [0.2, 0.25) is 5.76 Å². The topological polar surface area (TPSA) is 50.4 Å². The minimum Gasteiger partial charge on any atom is -0.475 e. The van der Waals surface area contributed by atoms with Crippen molar-refractivity contribution in [1.82, 2.24) is 0 Å². The number of aromatic carboxylic acids is 1. The van der Waals surface area contributed by atoms with E-state index in [9.17, 15) is 4.79 Å². The number of benzene rings is 1. The van der Waals surface area contributed by atoms with Gasteiger partial charge in [-0.25, -0.2) is 4.79 Å². The monoisotopic (exact) mass is 186 g/mol. The Morgan fingerprint density at radius 2 is 2.21 bits per heavy atom. The second kappa shape index (κ2) is 2.93. The minimum absolute atomic E-state index is 0.0748. The summed E-state index contributed by atoms with van der Waals surface area (Å²) in [5.41, 5.74) is 1.23. The molecule has 68 valence electrons. The second-order valence-corrected chi connectivity index (χ2v) is 2.81. The maximum Gasteiger partial charge on any atom is 0.371 e. The molecule has 3 nitrogen and oxygen atoms in total. The van der Waals surface area contributed by atoms with Crippen molar-refractivity contribution in [2.45, 2.75) is 0 Å². The van der Waals surface area contributed by atoms with Crippen LogP contribution in [0.2, 0.25) is 0 Å². The highest BCUT2D eigenvalue weighted by Crippen LogP contribution is 2.20. The lowest BCUT2D eigenvalue weighted by molar-refractivity contribution is 0.0665. The zero-order chi connectivity index (χ0) is 10.1. The van der Waals surface area contributed by atoms with E-state index in [-0.39, 0.29) is 5.76 Å². The smallest absolute Gasteiger partial charge is 0.371 e. The van der Waals surface area contributed by atoms with Crippen LogP contribution < -0.4 is 0 Å². The van der Waals surface area contributed by atoms with Gasteiger partial charge in [0, 0.05) is 10.9 Å². The van der Waals surface area contributed by atoms with Crippen LogP contribution in [-0.4, -0.2) is 11.1 Å². The minimum atomic E-state index is -1.08. The molecule has 2 aromatic rings. The molecular weight excluding hydrogens is 180 g/mol. The van der Waals surface area contributed by atoms with E-state index >= 15 is 0 Å². The summed E-state index contributed by atoms with van der Waals surface area (Å²) in [6, 6.07) is 6.54. The lowest BCUT2D eigenvalue weighted by Crippen LogP contribution is -1.91. The Kier molecular flexibility index (Phi) is 1.76. The van der Waals surface area contributed by atoms with Crippen LogP contribution in [0.1, 0.15) is 16.1 Å². The molecule has 0 spiro atoms. The molecule has 2 rings (SSSR count). The average Bonchev–Trinajstić information content (AvgIpc) is 2.59. The fraction of sp³-hybridized carbons (Fsp3) is 0. The molecule has 0 aliphatic heterocycles. The first-order valence-corrected chi connectivity index (χ1v) is 3.94. The van der Waals surface area contributed by atoms with E-state index < -0.39 is 5.97 Å². The number of carbonyl (C=O) groups is 1. The number of hydrogen-bond donors (Lipinski definition) is 1. The Balaban J connectivity index is 2.67. The lowest BCUT2D eigenvalue weighted by Gasteiger charge is -1.88. The highest BCUT2D eigenvalue weighted by molar-refractivity contribution is 5.91. The van der Waals surface area contributed by atoms with Crippen molar-refractivity contribution in [2.24, 2.45) is 0 Å². The van der Waals surface area contributed by atoms with Gasteiger partial charge in [-0.1, -0.05) is 5.92 Å². The molecule has 0 aliphatic rings. The average molecular weight is 186 g/mol. The van der Waals surface area contributed by atoms with Crippen LogP contribution in [0.15, 0.2) is 28.7 Å². The number of rotatable bonds is 1. The van der Waals surface area contributed by atoms with Gasteiger partial charge < -0.3 is 9.52 Å². The molecule has 1 aromatic heterocycles. The van der Waals surface area contributed by atoms with Gasteiger partial charge in [-0.15, -0.1) is 6.42 Å². The van der Waals surface area contributed by atoms with Gasteiger partial charge in [0.1, 0.15) is 5.58 Å². The van der Waals surface area contributed by atoms with E-state index in [0.717, 1.165) is 0 Å². The summed E-state index contributed by atoms with van der Waals surface area (Å²) in [4.78, 5) is 10.6. The molecule has 1 aromatic carbocycles. The Bertz CT molecular complexity index is 543. The van der Waals surface area contributed by atoms with Crippen LogP contribution in [0.5, 0.6) is 0 Å². The standard InChI is InChI=1S/C11H6O3/c1-2-7-3-4-9-8(5-7)6-10(14-9)11(12)13/h1,3-6H,(H,12,13). The molecule has 0 saturated heterocycles. The predicted molar refractivity (Wildman–Crippen MR) is 51.1 cm³/mol. The van der Waals surface area contributed by atoms with Crippen LogP contribution in [-0.2, 0) is 0 Å². The molecule has 3 heteroatoms. The fourth-order valence-corrected chi connectivity index (χ4v) is 1.24. The fourth-order valence-electron chi connectivity index (χ4n) is 1.24. The van der Waals surface area contributed by atoms with Gasteiger partial charge in [-0.2, -0.15) is 0 Å². The molecular formula is C11H6O3. The Morgan fingerprint density at radius 1 is 1.43 bits per heavy atom. The third-order valence-electron chi connectivity index (χ3n) is 1.89. The number of furan rings is 1. The van der Waals surface area contributed by atoms with E-state index in [1.807, 2.05) is 0 Å². The number of terminal acetylenes is 1. The summed E-state index contributed by atoms with van der Waals surface area (Å²) in [6.45, 7) is 0. The van der Waals surface area contributed by atoms with Gasteiger partial charge in [-0.3, -0.25) is 0 Å². The van der Waals surface area contributed by atoms with E-state index in [1.54, 1.807) is 18.2 Å². The zero-order valence-electron chi connectivity index (χ0n) is 7.15. The summed E-state index contributed by atoms with van der Waals surface area (Å²) >= 11 is 0. The maximum absolute atomic E-state index is 10.6. The van der Waals surface area contributed by atoms with E-state index in [4.69, 9.17) is 15.9 Å². The molecule has 0 aliphatic carbocycles. The van der Waals surface area contributed by atoms with Crippen molar-refractivity contribution in [1.29, 1.82) is 0 Å². The Labute approximate surface area is 80.0 Å². The number of carboxylic acids is 1. The molecule has 0 unspecified atom stereocenters. The largest absolute Gasteiger partial charge is 0.475 e. The third kappa shape index (κ3) is 1.23. The first kappa shape index (κ1) is 8.39. The highest BCUT2D eigenvalue weighted by Gasteiger charge is 2.09. The second-order valence-electron chi connectivity index (χ2n) is 2.81. The summed E-state index contributed by atoms with van der Waals surface area (Å²) in [7, 11) is 0. The third-order valence-corrected chi connectivity index (χ3v) is 1.89. The van der Waals surface area contributed by atoms with Crippen molar-refractivity contribution in [3.63, 3.8) is 0 Å². The molecule has 0 fully saturated rings. The van der Waals surface area contributed by atoms with E-state index in [0.29, 0.717) is 16.5 Å². The van der Waals surface area contributed by atoms with Crippen LogP contribution in [0, 0.1) is 12.3 Å². The molecule has 0 saturated carbocycles. The van der Waals surface area contributed by atoms with Gasteiger partial charge in [-0.05, 0) is 24.3 Å². The molecule has 1 N–H and O–H groups in total. The SMILES string of the molecule is C#Cc1ccc2oc(C(=O)O)cc2c1. The van der Waals surface area contributed by atoms with Crippen molar-refractivity contribution < 1.29 is 14.3 Å². The molecule has 0 amide bonds. The van der Waals surface area contributed by atoms with E-state index in [1.165, 1.54) is 6.07 Å². The normalized spacial score (nSPS) is 9.93. The predicted octanol–water partition coefficient (Wildman–Crippen LogP) is 2.11. The summed E-state index contributed by atoms with van der Waals surface area (Å²) in [6.07, 6.45) is 5.21. The molecule has 1 heterocycles. The summed E-state index contributed by atoms with van der Waals surface area (Å²) < 4.78 is 5.06. The first-order chi connectivity index (χ1) is 6.70. The number of fused-ring (bicyclic) bond motifs is 1. The summed E-state index contributed by atoms with van der Waals surface area (Å²) in [5, 5.41) is 9.38. The quantitative estimate of drug-likeness (QED) is 0.694. The first-order valence-electron chi connectivity index (χ1n) is 3.94. The lowest BCUT2D eigenvalue weighted by atomic mass is 10.2. The highest BCUT2D eigenvalue weighted by atomic mass is 16.4. The van der Waals surface area contributed by atoms with Crippen molar-refractivity contribution in [3.8, 4) is 12.3 Å². The van der Waals surface area contributed by atoms with Crippen molar-refractivity contribution in [2.75, 3.05) is 0 Å². The molecule has 0 radical (unpaired) electrons. The Hall–Kier alpha value is -2.21.